The molecule has 0 amide bonds. The standard InChI is InChI=1S/C11H14BrClN2/c1-2-3-4-11(15-14)8-5-6-10(13)9(12)7-8/h2,5-7,11,15H,1,3-4,14H2. The van der Waals surface area contributed by atoms with Gasteiger partial charge in [0.15, 0.2) is 0 Å². The lowest BCUT2D eigenvalue weighted by Gasteiger charge is -2.15. The minimum atomic E-state index is 0.136. The molecule has 1 unspecified atom stereocenters. The zero-order valence-corrected chi connectivity index (χ0v) is 10.7. The maximum atomic E-state index is 5.92. The fourth-order valence-electron chi connectivity index (χ4n) is 1.36. The molecule has 3 N–H and O–H groups in total. The van der Waals surface area contributed by atoms with E-state index in [-0.39, 0.29) is 6.04 Å². The van der Waals surface area contributed by atoms with Gasteiger partial charge in [0.25, 0.3) is 0 Å². The molecule has 4 heteroatoms. The minimum absolute atomic E-state index is 0.136. The van der Waals surface area contributed by atoms with Crippen LogP contribution in [-0.2, 0) is 0 Å². The summed E-state index contributed by atoms with van der Waals surface area (Å²) in [5.74, 6) is 5.50. The second-order valence-electron chi connectivity index (χ2n) is 3.26. The molecule has 0 radical (unpaired) electrons. The van der Waals surface area contributed by atoms with Gasteiger partial charge in [-0.05, 0) is 46.5 Å². The Hall–Kier alpha value is -0.350. The van der Waals surface area contributed by atoms with Crippen molar-refractivity contribution in [2.75, 3.05) is 0 Å². The van der Waals surface area contributed by atoms with Gasteiger partial charge in [-0.25, -0.2) is 0 Å². The van der Waals surface area contributed by atoms with Crippen molar-refractivity contribution in [3.8, 4) is 0 Å². The summed E-state index contributed by atoms with van der Waals surface area (Å²) in [6.45, 7) is 3.69. The monoisotopic (exact) mass is 288 g/mol. The molecule has 1 aromatic carbocycles. The van der Waals surface area contributed by atoms with Crippen LogP contribution in [0.2, 0.25) is 5.02 Å². The molecule has 0 fully saturated rings. The number of halogens is 2. The van der Waals surface area contributed by atoms with E-state index in [1.807, 2.05) is 24.3 Å². The largest absolute Gasteiger partial charge is 0.271 e. The number of rotatable bonds is 5. The van der Waals surface area contributed by atoms with Crippen LogP contribution in [0.25, 0.3) is 0 Å². The topological polar surface area (TPSA) is 38.0 Å². The van der Waals surface area contributed by atoms with Gasteiger partial charge in [0.2, 0.25) is 0 Å². The molecule has 1 atom stereocenters. The van der Waals surface area contributed by atoms with Crippen LogP contribution in [0, 0.1) is 0 Å². The molecule has 1 aromatic rings. The maximum Gasteiger partial charge on any atom is 0.0548 e. The fourth-order valence-corrected chi connectivity index (χ4v) is 1.87. The summed E-state index contributed by atoms with van der Waals surface area (Å²) in [4.78, 5) is 0. The third kappa shape index (κ3) is 3.61. The molecule has 0 aliphatic rings. The van der Waals surface area contributed by atoms with Gasteiger partial charge in [-0.2, -0.15) is 0 Å². The molecule has 0 aliphatic heterocycles. The van der Waals surface area contributed by atoms with Crippen LogP contribution in [0.5, 0.6) is 0 Å². The molecule has 82 valence electrons. The van der Waals surface area contributed by atoms with Crippen molar-refractivity contribution in [1.29, 1.82) is 0 Å². The van der Waals surface area contributed by atoms with Crippen molar-refractivity contribution in [2.45, 2.75) is 18.9 Å². The summed E-state index contributed by atoms with van der Waals surface area (Å²) in [6.07, 6.45) is 3.73. The average molecular weight is 290 g/mol. The number of hydrogen-bond acceptors (Lipinski definition) is 2. The van der Waals surface area contributed by atoms with Gasteiger partial charge >= 0.3 is 0 Å². The SMILES string of the molecule is C=CCCC(NN)c1ccc(Cl)c(Br)c1. The number of nitrogens with one attached hydrogen (secondary N) is 1. The summed E-state index contributed by atoms with van der Waals surface area (Å²) in [7, 11) is 0. The second-order valence-corrected chi connectivity index (χ2v) is 4.52. The Morgan fingerprint density at radius 3 is 2.87 bits per heavy atom. The molecule has 0 saturated heterocycles. The Balaban J connectivity index is 2.82. The summed E-state index contributed by atoms with van der Waals surface area (Å²) < 4.78 is 0.889. The Kier molecular flexibility index (Phi) is 5.32. The van der Waals surface area contributed by atoms with Gasteiger partial charge in [-0.15, -0.1) is 6.58 Å². The Labute approximate surface area is 104 Å². The zero-order chi connectivity index (χ0) is 11.3. The van der Waals surface area contributed by atoms with Gasteiger partial charge in [-0.1, -0.05) is 23.7 Å². The third-order valence-electron chi connectivity index (χ3n) is 2.21. The predicted octanol–water partition coefficient (Wildman–Crippen LogP) is 3.57. The van der Waals surface area contributed by atoms with Crippen molar-refractivity contribution >= 4 is 27.5 Å². The lowest BCUT2D eigenvalue weighted by molar-refractivity contribution is 0.521. The number of nitrogens with two attached hydrogens (primary N) is 1. The molecule has 0 spiro atoms. The normalized spacial score (nSPS) is 12.5. The van der Waals surface area contributed by atoms with Gasteiger partial charge in [0.05, 0.1) is 5.02 Å². The molecule has 2 nitrogen and oxygen atoms in total. The third-order valence-corrected chi connectivity index (χ3v) is 3.42. The molecule has 0 heterocycles. The van der Waals surface area contributed by atoms with Crippen molar-refractivity contribution in [2.24, 2.45) is 5.84 Å². The van der Waals surface area contributed by atoms with Crippen molar-refractivity contribution in [3.05, 3.63) is 45.9 Å². The van der Waals surface area contributed by atoms with Crippen molar-refractivity contribution in [3.63, 3.8) is 0 Å². The van der Waals surface area contributed by atoms with Gasteiger partial charge in [0, 0.05) is 10.5 Å². The van der Waals surface area contributed by atoms with Crippen LogP contribution in [0.4, 0.5) is 0 Å². The fraction of sp³-hybridized carbons (Fsp3) is 0.273. The lowest BCUT2D eigenvalue weighted by Crippen LogP contribution is -2.27. The number of allylic oxidation sites excluding steroid dienone is 1. The first-order valence-corrected chi connectivity index (χ1v) is 5.88. The van der Waals surface area contributed by atoms with Gasteiger partial charge in [0.1, 0.15) is 0 Å². The summed E-state index contributed by atoms with van der Waals surface area (Å²) in [5.41, 5.74) is 3.91. The van der Waals surface area contributed by atoms with E-state index >= 15 is 0 Å². The Morgan fingerprint density at radius 1 is 1.60 bits per heavy atom. The van der Waals surface area contributed by atoms with E-state index in [4.69, 9.17) is 17.4 Å². The van der Waals surface area contributed by atoms with E-state index < -0.39 is 0 Å². The van der Waals surface area contributed by atoms with E-state index in [1.54, 1.807) is 0 Å². The molecule has 0 aromatic heterocycles. The summed E-state index contributed by atoms with van der Waals surface area (Å²) in [6, 6.07) is 5.95. The number of hydrogen-bond donors (Lipinski definition) is 2. The van der Waals surface area contributed by atoms with Crippen LogP contribution in [-0.4, -0.2) is 0 Å². The van der Waals surface area contributed by atoms with E-state index in [9.17, 15) is 0 Å². The quantitative estimate of drug-likeness (QED) is 0.494. The molecular weight excluding hydrogens is 275 g/mol. The van der Waals surface area contributed by atoms with Crippen LogP contribution >= 0.6 is 27.5 Å². The molecule has 0 bridgehead atoms. The Morgan fingerprint density at radius 2 is 2.33 bits per heavy atom. The van der Waals surface area contributed by atoms with Gasteiger partial charge in [-0.3, -0.25) is 11.3 Å². The van der Waals surface area contributed by atoms with Crippen LogP contribution in [0.3, 0.4) is 0 Å². The average Bonchev–Trinajstić information content (AvgIpc) is 2.24. The van der Waals surface area contributed by atoms with E-state index in [0.29, 0.717) is 5.02 Å². The Bertz CT molecular complexity index is 341. The van der Waals surface area contributed by atoms with Crippen molar-refractivity contribution < 1.29 is 0 Å². The lowest BCUT2D eigenvalue weighted by atomic mass is 10.0. The van der Waals surface area contributed by atoms with Crippen LogP contribution < -0.4 is 11.3 Å². The molecule has 1 rings (SSSR count). The van der Waals surface area contributed by atoms with Gasteiger partial charge < -0.3 is 0 Å². The minimum Gasteiger partial charge on any atom is -0.271 e. The summed E-state index contributed by atoms with van der Waals surface area (Å²) in [5, 5.41) is 0.707. The second kappa shape index (κ2) is 6.28. The highest BCUT2D eigenvalue weighted by Gasteiger charge is 2.09. The highest BCUT2D eigenvalue weighted by atomic mass is 79.9. The van der Waals surface area contributed by atoms with Crippen LogP contribution in [0.15, 0.2) is 35.3 Å². The first-order valence-electron chi connectivity index (χ1n) is 4.71. The van der Waals surface area contributed by atoms with Crippen molar-refractivity contribution in [1.82, 2.24) is 5.43 Å². The van der Waals surface area contributed by atoms with E-state index in [2.05, 4.69) is 27.9 Å². The molecule has 0 saturated carbocycles. The molecular formula is C11H14BrClN2. The highest BCUT2D eigenvalue weighted by molar-refractivity contribution is 9.10. The van der Waals surface area contributed by atoms with E-state index in [0.717, 1.165) is 22.9 Å². The first-order chi connectivity index (χ1) is 7.19. The number of benzene rings is 1. The summed E-state index contributed by atoms with van der Waals surface area (Å²) >= 11 is 9.31. The molecule has 0 aliphatic carbocycles. The number of hydrazine groups is 1. The predicted molar refractivity (Wildman–Crippen MR) is 68.6 cm³/mol. The smallest absolute Gasteiger partial charge is 0.0548 e. The maximum absolute atomic E-state index is 5.92. The highest BCUT2D eigenvalue weighted by Crippen LogP contribution is 2.27. The molecule has 15 heavy (non-hydrogen) atoms. The zero-order valence-electron chi connectivity index (χ0n) is 8.34. The van der Waals surface area contributed by atoms with E-state index in [1.165, 1.54) is 0 Å². The van der Waals surface area contributed by atoms with Crippen LogP contribution in [0.1, 0.15) is 24.4 Å². The first kappa shape index (κ1) is 12.7.